The first-order chi connectivity index (χ1) is 11.0. The Hall–Kier alpha value is -1.28. The normalized spacial score (nSPS) is 31.2. The van der Waals surface area contributed by atoms with Crippen molar-refractivity contribution in [2.24, 2.45) is 5.92 Å². The molecule has 8 heteroatoms. The van der Waals surface area contributed by atoms with Gasteiger partial charge in [-0.15, -0.1) is 0 Å². The van der Waals surface area contributed by atoms with E-state index in [1.54, 1.807) is 7.11 Å². The van der Waals surface area contributed by atoms with Gasteiger partial charge in [0.2, 0.25) is 11.9 Å². The highest BCUT2D eigenvalue weighted by Gasteiger charge is 2.30. The summed E-state index contributed by atoms with van der Waals surface area (Å²) in [7, 11) is 1.71. The number of carbonyl (C=O) groups is 1. The molecule has 2 rings (SSSR count). The molecule has 7 nitrogen and oxygen atoms in total. The first kappa shape index (κ1) is 18.1. The monoisotopic (exact) mass is 343 g/mol. The minimum Gasteiger partial charge on any atom is -0.381 e. The molecule has 130 valence electrons. The van der Waals surface area contributed by atoms with Crippen LogP contribution in [0, 0.1) is 16.0 Å². The molecular weight excluding hydrogens is 318 g/mol. The number of rotatable bonds is 4. The Kier molecular flexibility index (Phi) is 6.71. The van der Waals surface area contributed by atoms with Gasteiger partial charge in [-0.2, -0.15) is 0 Å². The van der Waals surface area contributed by atoms with Crippen LogP contribution in [0.4, 0.5) is 0 Å². The van der Waals surface area contributed by atoms with Crippen molar-refractivity contribution >= 4 is 23.2 Å². The van der Waals surface area contributed by atoms with Crippen LogP contribution in [0.3, 0.4) is 0 Å². The van der Waals surface area contributed by atoms with Crippen LogP contribution in [-0.2, 0) is 9.53 Å². The highest BCUT2D eigenvalue weighted by Crippen LogP contribution is 2.26. The Morgan fingerprint density at radius 1 is 1.13 bits per heavy atom. The van der Waals surface area contributed by atoms with E-state index in [1.807, 2.05) is 0 Å². The van der Waals surface area contributed by atoms with E-state index in [1.165, 1.54) is 0 Å². The Labute approximate surface area is 141 Å². The lowest BCUT2D eigenvalue weighted by Gasteiger charge is -2.28. The van der Waals surface area contributed by atoms with E-state index in [0.29, 0.717) is 30.8 Å². The predicted octanol–water partition coefficient (Wildman–Crippen LogP) is 1.77. The Bertz CT molecular complexity index is 444. The zero-order chi connectivity index (χ0) is 16.8. The number of ether oxygens (including phenoxy) is 1. The molecule has 2 saturated carbocycles. The SMILES string of the molecule is COC1CCC(C(=O)NC(=S)NC2CCC([N+](=O)[O-])CC2)CC1. The lowest BCUT2D eigenvalue weighted by Crippen LogP contribution is -2.48. The third kappa shape index (κ3) is 5.39. The first-order valence-corrected chi connectivity index (χ1v) is 8.68. The molecular formula is C15H25N3O4S. The van der Waals surface area contributed by atoms with Gasteiger partial charge in [0.1, 0.15) is 0 Å². The summed E-state index contributed by atoms with van der Waals surface area (Å²) in [6, 6.07) is -0.324. The van der Waals surface area contributed by atoms with E-state index in [9.17, 15) is 14.9 Å². The second-order valence-corrected chi connectivity index (χ2v) is 6.87. The van der Waals surface area contributed by atoms with Crippen LogP contribution < -0.4 is 10.6 Å². The maximum absolute atomic E-state index is 12.2. The van der Waals surface area contributed by atoms with Crippen LogP contribution in [0.15, 0.2) is 0 Å². The number of methoxy groups -OCH3 is 1. The van der Waals surface area contributed by atoms with Crippen LogP contribution in [0.2, 0.25) is 0 Å². The number of hydrogen-bond acceptors (Lipinski definition) is 5. The van der Waals surface area contributed by atoms with Gasteiger partial charge in [-0.25, -0.2) is 0 Å². The maximum atomic E-state index is 12.2. The molecule has 23 heavy (non-hydrogen) atoms. The third-order valence-electron chi connectivity index (χ3n) is 4.95. The Morgan fingerprint density at radius 3 is 2.26 bits per heavy atom. The molecule has 0 atom stereocenters. The minimum atomic E-state index is -0.438. The van der Waals surface area contributed by atoms with Gasteiger partial charge in [-0.1, -0.05) is 0 Å². The number of nitro groups is 1. The van der Waals surface area contributed by atoms with E-state index in [2.05, 4.69) is 10.6 Å². The van der Waals surface area contributed by atoms with Crippen molar-refractivity contribution in [2.45, 2.75) is 69.6 Å². The molecule has 2 aliphatic carbocycles. The second-order valence-electron chi connectivity index (χ2n) is 6.46. The van der Waals surface area contributed by atoms with Gasteiger partial charge in [0.25, 0.3) is 0 Å². The highest BCUT2D eigenvalue weighted by atomic mass is 32.1. The largest absolute Gasteiger partial charge is 0.381 e. The summed E-state index contributed by atoms with van der Waals surface area (Å²) in [5.41, 5.74) is 0. The molecule has 1 amide bonds. The topological polar surface area (TPSA) is 93.5 Å². The number of amides is 1. The van der Waals surface area contributed by atoms with Gasteiger partial charge in [0.15, 0.2) is 5.11 Å². The molecule has 0 radical (unpaired) electrons. The van der Waals surface area contributed by atoms with Gasteiger partial charge in [-0.05, 0) is 50.7 Å². The molecule has 0 bridgehead atoms. The van der Waals surface area contributed by atoms with E-state index >= 15 is 0 Å². The molecule has 0 aliphatic heterocycles. The van der Waals surface area contributed by atoms with Gasteiger partial charge in [0.05, 0.1) is 6.10 Å². The average molecular weight is 343 g/mol. The van der Waals surface area contributed by atoms with E-state index < -0.39 is 6.04 Å². The van der Waals surface area contributed by atoms with Gasteiger partial charge in [0, 0.05) is 36.8 Å². The number of nitrogens with one attached hydrogen (secondary N) is 2. The molecule has 0 saturated heterocycles. The van der Waals surface area contributed by atoms with Crippen molar-refractivity contribution in [1.29, 1.82) is 0 Å². The summed E-state index contributed by atoms with van der Waals surface area (Å²) in [5, 5.41) is 17.0. The molecule has 0 aromatic rings. The van der Waals surface area contributed by atoms with Crippen LogP contribution in [0.1, 0.15) is 51.4 Å². The molecule has 2 aliphatic rings. The van der Waals surface area contributed by atoms with Crippen LogP contribution in [-0.4, -0.2) is 41.2 Å². The molecule has 2 fully saturated rings. The molecule has 0 aromatic heterocycles. The minimum absolute atomic E-state index is 0.00799. The highest BCUT2D eigenvalue weighted by molar-refractivity contribution is 7.80. The van der Waals surface area contributed by atoms with Crippen molar-refractivity contribution < 1.29 is 14.5 Å². The van der Waals surface area contributed by atoms with Crippen molar-refractivity contribution in [3.05, 3.63) is 10.1 Å². The fourth-order valence-electron chi connectivity index (χ4n) is 3.43. The van der Waals surface area contributed by atoms with Crippen molar-refractivity contribution in [3.8, 4) is 0 Å². The van der Waals surface area contributed by atoms with Crippen LogP contribution in [0.25, 0.3) is 0 Å². The summed E-state index contributed by atoms with van der Waals surface area (Å²) in [6.07, 6.45) is 6.24. The third-order valence-corrected chi connectivity index (χ3v) is 5.17. The Morgan fingerprint density at radius 2 is 1.74 bits per heavy atom. The quantitative estimate of drug-likeness (QED) is 0.459. The fraction of sp³-hybridized carbons (Fsp3) is 0.867. The predicted molar refractivity (Wildman–Crippen MR) is 89.7 cm³/mol. The van der Waals surface area contributed by atoms with E-state index in [-0.39, 0.29) is 28.9 Å². The summed E-state index contributed by atoms with van der Waals surface area (Å²) in [4.78, 5) is 22.8. The second kappa shape index (κ2) is 8.54. The zero-order valence-electron chi connectivity index (χ0n) is 13.5. The molecule has 2 N–H and O–H groups in total. The summed E-state index contributed by atoms with van der Waals surface area (Å²) in [6.45, 7) is 0. The number of nitrogens with zero attached hydrogens (tertiary/aromatic N) is 1. The lowest BCUT2D eigenvalue weighted by atomic mass is 9.87. The first-order valence-electron chi connectivity index (χ1n) is 8.27. The standard InChI is InChI=1S/C15H25N3O4S/c1-22-13-8-2-10(3-9-13)14(19)17-15(23)16-11-4-6-12(7-5-11)18(20)21/h10-13H,2-9H2,1H3,(H2,16,17,19,23). The summed E-state index contributed by atoms with van der Waals surface area (Å²) < 4.78 is 5.31. The molecule has 0 aromatic carbocycles. The molecule has 0 heterocycles. The van der Waals surface area contributed by atoms with Crippen LogP contribution >= 0.6 is 12.2 Å². The summed E-state index contributed by atoms with van der Waals surface area (Å²) >= 11 is 5.21. The van der Waals surface area contributed by atoms with E-state index in [0.717, 1.165) is 25.7 Å². The van der Waals surface area contributed by atoms with E-state index in [4.69, 9.17) is 17.0 Å². The van der Waals surface area contributed by atoms with Gasteiger partial charge in [-0.3, -0.25) is 14.9 Å². The fourth-order valence-corrected chi connectivity index (χ4v) is 3.69. The van der Waals surface area contributed by atoms with Crippen LogP contribution in [0.5, 0.6) is 0 Å². The number of carbonyl (C=O) groups excluding carboxylic acids is 1. The Balaban J connectivity index is 1.69. The smallest absolute Gasteiger partial charge is 0.229 e. The van der Waals surface area contributed by atoms with Crippen molar-refractivity contribution in [2.75, 3.05) is 7.11 Å². The molecule has 0 unspecified atom stereocenters. The number of hydrogen-bond donors (Lipinski definition) is 2. The maximum Gasteiger partial charge on any atom is 0.229 e. The molecule has 0 spiro atoms. The number of thiocarbonyl (C=S) groups is 1. The zero-order valence-corrected chi connectivity index (χ0v) is 14.3. The lowest BCUT2D eigenvalue weighted by molar-refractivity contribution is -0.526. The van der Waals surface area contributed by atoms with Crippen molar-refractivity contribution in [3.63, 3.8) is 0 Å². The van der Waals surface area contributed by atoms with Crippen molar-refractivity contribution in [1.82, 2.24) is 10.6 Å². The summed E-state index contributed by atoms with van der Waals surface area (Å²) in [5.74, 6) is -0.0394. The van der Waals surface area contributed by atoms with Gasteiger partial charge >= 0.3 is 0 Å². The van der Waals surface area contributed by atoms with Gasteiger partial charge < -0.3 is 15.4 Å². The average Bonchev–Trinajstić information content (AvgIpc) is 2.55.